The third kappa shape index (κ3) is 3.42. The van der Waals surface area contributed by atoms with Gasteiger partial charge >= 0.3 is 0 Å². The maximum atomic E-state index is 14.3. The summed E-state index contributed by atoms with van der Waals surface area (Å²) in [6.45, 7) is 1.15. The highest BCUT2D eigenvalue weighted by atomic mass is 35.5. The highest BCUT2D eigenvalue weighted by Crippen LogP contribution is 2.52. The van der Waals surface area contributed by atoms with E-state index in [1.165, 1.54) is 18.2 Å². The maximum Gasteiger partial charge on any atom is 0.279 e. The van der Waals surface area contributed by atoms with Crippen LogP contribution in [0.25, 0.3) is 0 Å². The number of hydrogen-bond acceptors (Lipinski definition) is 6. The van der Waals surface area contributed by atoms with Crippen molar-refractivity contribution in [1.82, 2.24) is 4.90 Å². The summed E-state index contributed by atoms with van der Waals surface area (Å²) < 4.78 is 19.5. The molecule has 0 bridgehead atoms. The molecule has 33 heavy (non-hydrogen) atoms. The fraction of sp³-hybridized carbons (Fsp3) is 0.250. The molecular weight excluding hydrogens is 449 g/mol. The van der Waals surface area contributed by atoms with Gasteiger partial charge in [-0.1, -0.05) is 23.7 Å². The van der Waals surface area contributed by atoms with Crippen molar-refractivity contribution in [3.63, 3.8) is 0 Å². The Labute approximate surface area is 194 Å². The molecule has 9 heteroatoms. The second kappa shape index (κ2) is 7.98. The normalized spacial score (nSPS) is 19.2. The van der Waals surface area contributed by atoms with Crippen molar-refractivity contribution in [2.75, 3.05) is 19.0 Å². The molecule has 3 aromatic carbocycles. The molecule has 2 aliphatic heterocycles. The average molecular weight is 470 g/mol. The molecule has 0 spiro atoms. The van der Waals surface area contributed by atoms with E-state index in [1.54, 1.807) is 24.1 Å². The molecule has 0 amide bonds. The van der Waals surface area contributed by atoms with Crippen LogP contribution < -0.4 is 10.1 Å². The lowest BCUT2D eigenvalue weighted by molar-refractivity contribution is -0.386. The van der Waals surface area contributed by atoms with Crippen LogP contribution in [0.3, 0.4) is 0 Å². The van der Waals surface area contributed by atoms with Gasteiger partial charge in [-0.3, -0.25) is 15.0 Å². The molecule has 0 saturated heterocycles. The molecule has 0 aromatic heterocycles. The van der Waals surface area contributed by atoms with E-state index < -0.39 is 16.5 Å². The lowest BCUT2D eigenvalue weighted by Gasteiger charge is -2.35. The van der Waals surface area contributed by atoms with Gasteiger partial charge in [0.15, 0.2) is 5.72 Å². The second-order valence-corrected chi connectivity index (χ2v) is 8.62. The van der Waals surface area contributed by atoms with Crippen molar-refractivity contribution < 1.29 is 19.2 Å². The Bertz CT molecular complexity index is 1270. The average Bonchev–Trinajstić information content (AvgIpc) is 3.39. The van der Waals surface area contributed by atoms with Crippen molar-refractivity contribution in [1.29, 1.82) is 0 Å². The summed E-state index contributed by atoms with van der Waals surface area (Å²) >= 11 is 6.44. The number of methoxy groups -OCH3 is 1. The van der Waals surface area contributed by atoms with Crippen LogP contribution in [0.2, 0.25) is 5.02 Å². The van der Waals surface area contributed by atoms with Crippen LogP contribution in [0.4, 0.5) is 15.8 Å². The number of anilines is 1. The van der Waals surface area contributed by atoms with Crippen LogP contribution in [0.15, 0.2) is 48.5 Å². The molecule has 1 unspecified atom stereocenters. The number of halogens is 2. The first-order chi connectivity index (χ1) is 15.8. The van der Waals surface area contributed by atoms with E-state index in [4.69, 9.17) is 16.3 Å². The van der Waals surface area contributed by atoms with E-state index in [-0.39, 0.29) is 34.9 Å². The summed E-state index contributed by atoms with van der Waals surface area (Å²) in [4.78, 5) is 13.3. The predicted octanol–water partition coefficient (Wildman–Crippen LogP) is 4.57. The van der Waals surface area contributed by atoms with E-state index >= 15 is 0 Å². The first-order valence-electron chi connectivity index (χ1n) is 10.5. The Morgan fingerprint density at radius 3 is 2.70 bits per heavy atom. The molecule has 2 N–H and O–H groups in total. The second-order valence-electron chi connectivity index (χ2n) is 8.21. The minimum Gasteiger partial charge on any atom is -0.497 e. The number of nitrogens with zero attached hydrogens (tertiary/aromatic N) is 2. The van der Waals surface area contributed by atoms with Gasteiger partial charge in [0, 0.05) is 42.0 Å². The molecule has 2 heterocycles. The van der Waals surface area contributed by atoms with Crippen molar-refractivity contribution in [3.8, 4) is 5.75 Å². The van der Waals surface area contributed by atoms with E-state index in [1.807, 2.05) is 12.1 Å². The number of benzene rings is 3. The van der Waals surface area contributed by atoms with Gasteiger partial charge in [0.05, 0.1) is 17.6 Å². The predicted molar refractivity (Wildman–Crippen MR) is 122 cm³/mol. The van der Waals surface area contributed by atoms with E-state index in [9.17, 15) is 19.6 Å². The van der Waals surface area contributed by atoms with Crippen molar-refractivity contribution in [3.05, 3.63) is 97.3 Å². The summed E-state index contributed by atoms with van der Waals surface area (Å²) in [5.74, 6) is 0.0950. The standard InChI is InChI=1S/C24H21ClFN3O4/c1-33-16-5-2-14(3-6-16)12-28-13-18-17-8-9-27-21(17)11-22(29(31)32)23(18)24(28,30)19-10-15(26)4-7-20(19)25/h2-7,10-11,27,30H,8-9,12-13H2,1H3. The summed E-state index contributed by atoms with van der Waals surface area (Å²) in [6.07, 6.45) is 0.680. The zero-order valence-electron chi connectivity index (χ0n) is 17.8. The Balaban J connectivity index is 1.73. The Morgan fingerprint density at radius 2 is 2.00 bits per heavy atom. The topological polar surface area (TPSA) is 87.9 Å². The van der Waals surface area contributed by atoms with E-state index in [2.05, 4.69) is 5.32 Å². The van der Waals surface area contributed by atoms with Crippen LogP contribution in [0.5, 0.6) is 5.75 Å². The van der Waals surface area contributed by atoms with E-state index in [0.717, 1.165) is 17.2 Å². The zero-order chi connectivity index (χ0) is 23.3. The van der Waals surface area contributed by atoms with Gasteiger partial charge in [-0.25, -0.2) is 4.39 Å². The van der Waals surface area contributed by atoms with Gasteiger partial charge in [-0.05, 0) is 53.4 Å². The van der Waals surface area contributed by atoms with Gasteiger partial charge in [-0.2, -0.15) is 0 Å². The molecule has 170 valence electrons. The smallest absolute Gasteiger partial charge is 0.279 e. The molecular formula is C24H21ClFN3O4. The summed E-state index contributed by atoms with van der Waals surface area (Å²) in [5.41, 5.74) is 1.17. The number of nitrogens with one attached hydrogen (secondary N) is 1. The molecule has 3 aromatic rings. The number of ether oxygens (including phenoxy) is 1. The molecule has 1 atom stereocenters. The maximum absolute atomic E-state index is 14.3. The molecule has 0 aliphatic carbocycles. The van der Waals surface area contributed by atoms with Crippen molar-refractivity contribution >= 4 is 23.0 Å². The van der Waals surface area contributed by atoms with Crippen LogP contribution in [0, 0.1) is 15.9 Å². The van der Waals surface area contributed by atoms with Gasteiger partial charge in [0.2, 0.25) is 0 Å². The van der Waals surface area contributed by atoms with Crippen molar-refractivity contribution in [2.24, 2.45) is 0 Å². The minimum atomic E-state index is -1.99. The molecule has 5 rings (SSSR count). The number of rotatable bonds is 5. The van der Waals surface area contributed by atoms with Gasteiger partial charge in [0.1, 0.15) is 11.6 Å². The van der Waals surface area contributed by atoms with Gasteiger partial charge in [-0.15, -0.1) is 0 Å². The number of hydrogen-bond donors (Lipinski definition) is 2. The number of nitro groups is 1. The summed E-state index contributed by atoms with van der Waals surface area (Å²) in [7, 11) is 1.57. The van der Waals surface area contributed by atoms with Crippen LogP contribution in [-0.2, 0) is 25.2 Å². The molecule has 2 aliphatic rings. The first-order valence-corrected chi connectivity index (χ1v) is 10.8. The Kier molecular flexibility index (Phi) is 5.23. The highest BCUT2D eigenvalue weighted by Gasteiger charge is 2.52. The van der Waals surface area contributed by atoms with Crippen LogP contribution in [-0.4, -0.2) is 28.6 Å². The largest absolute Gasteiger partial charge is 0.497 e. The third-order valence-electron chi connectivity index (χ3n) is 6.41. The number of nitro benzene ring substituents is 1. The third-order valence-corrected chi connectivity index (χ3v) is 6.74. The fourth-order valence-electron chi connectivity index (χ4n) is 4.89. The summed E-state index contributed by atoms with van der Waals surface area (Å²) in [5, 5.41) is 27.6. The van der Waals surface area contributed by atoms with E-state index in [0.29, 0.717) is 30.0 Å². The monoisotopic (exact) mass is 469 g/mol. The SMILES string of the molecule is COc1ccc(CN2Cc3c4c(cc([N+](=O)[O-])c3C2(O)c2cc(F)ccc2Cl)NCC4)cc1. The minimum absolute atomic E-state index is 0.0745. The van der Waals surface area contributed by atoms with Gasteiger partial charge in [0.25, 0.3) is 5.69 Å². The molecule has 0 radical (unpaired) electrons. The molecule has 0 fully saturated rings. The zero-order valence-corrected chi connectivity index (χ0v) is 18.5. The highest BCUT2D eigenvalue weighted by molar-refractivity contribution is 6.31. The quantitative estimate of drug-likeness (QED) is 0.420. The van der Waals surface area contributed by atoms with Crippen LogP contribution >= 0.6 is 11.6 Å². The first kappa shape index (κ1) is 21.6. The van der Waals surface area contributed by atoms with Crippen molar-refractivity contribution in [2.45, 2.75) is 25.2 Å². The Hall–Kier alpha value is -3.20. The molecule has 0 saturated carbocycles. The fourth-order valence-corrected chi connectivity index (χ4v) is 5.14. The lowest BCUT2D eigenvalue weighted by atomic mass is 9.89. The van der Waals surface area contributed by atoms with Crippen LogP contribution in [0.1, 0.15) is 27.8 Å². The summed E-state index contributed by atoms with van der Waals surface area (Å²) in [6, 6.07) is 12.5. The van der Waals surface area contributed by atoms with Gasteiger partial charge < -0.3 is 15.2 Å². The number of aliphatic hydroxyl groups is 1. The lowest BCUT2D eigenvalue weighted by Crippen LogP contribution is -2.42. The molecule has 7 nitrogen and oxygen atoms in total. The number of fused-ring (bicyclic) bond motifs is 3. The Morgan fingerprint density at radius 1 is 1.24 bits per heavy atom.